The Labute approximate surface area is 142 Å². The Morgan fingerprint density at radius 2 is 1.96 bits per heavy atom. The summed E-state index contributed by atoms with van der Waals surface area (Å²) >= 11 is 0. The van der Waals surface area contributed by atoms with Gasteiger partial charge in [-0.3, -0.25) is 9.59 Å². The van der Waals surface area contributed by atoms with Crippen LogP contribution in [0, 0.1) is 5.92 Å². The van der Waals surface area contributed by atoms with Gasteiger partial charge in [-0.2, -0.15) is 0 Å². The van der Waals surface area contributed by atoms with Crippen molar-refractivity contribution in [2.24, 2.45) is 5.92 Å². The Balaban J connectivity index is 0.00000264. The van der Waals surface area contributed by atoms with Gasteiger partial charge in [0, 0.05) is 25.1 Å². The molecule has 0 unspecified atom stereocenters. The number of ether oxygens (including phenoxy) is 1. The van der Waals surface area contributed by atoms with Crippen LogP contribution in [0.5, 0.6) is 5.75 Å². The van der Waals surface area contributed by atoms with Gasteiger partial charge in [-0.05, 0) is 44.0 Å². The summed E-state index contributed by atoms with van der Waals surface area (Å²) in [4.78, 5) is 23.2. The lowest BCUT2D eigenvalue weighted by Gasteiger charge is -2.22. The Morgan fingerprint density at radius 3 is 2.57 bits per heavy atom. The second kappa shape index (κ2) is 9.37. The fourth-order valence-electron chi connectivity index (χ4n) is 2.62. The minimum Gasteiger partial charge on any atom is -0.494 e. The Bertz CT molecular complexity index is 545. The van der Waals surface area contributed by atoms with Crippen molar-refractivity contribution < 1.29 is 14.3 Å². The maximum atomic E-state index is 12.1. The molecule has 0 bridgehead atoms. The number of carbonyl (C=O) groups excluding carboxylic acids is 2. The zero-order valence-electron chi connectivity index (χ0n) is 13.5. The fraction of sp³-hybridized carbons (Fsp3) is 0.500. The Hall–Kier alpha value is -1.79. The lowest BCUT2D eigenvalue weighted by Crippen LogP contribution is -2.30. The summed E-state index contributed by atoms with van der Waals surface area (Å²) in [5.41, 5.74) is 1.26. The van der Waals surface area contributed by atoms with Gasteiger partial charge in [-0.1, -0.05) is 0 Å². The SMILES string of the molecule is COc1cc(NC(=O)CC2CCNCC2)ccc1NC(C)=O.Cl. The highest BCUT2D eigenvalue weighted by atomic mass is 35.5. The Morgan fingerprint density at radius 1 is 1.26 bits per heavy atom. The van der Waals surface area contributed by atoms with E-state index in [2.05, 4.69) is 16.0 Å². The van der Waals surface area contributed by atoms with Crippen LogP contribution in [0.2, 0.25) is 0 Å². The third kappa shape index (κ3) is 6.08. The van der Waals surface area contributed by atoms with Crippen LogP contribution in [0.3, 0.4) is 0 Å². The van der Waals surface area contributed by atoms with Crippen molar-refractivity contribution in [1.29, 1.82) is 0 Å². The maximum Gasteiger partial charge on any atom is 0.224 e. The van der Waals surface area contributed by atoms with E-state index in [0.717, 1.165) is 25.9 Å². The van der Waals surface area contributed by atoms with Crippen molar-refractivity contribution in [2.45, 2.75) is 26.2 Å². The van der Waals surface area contributed by atoms with Crippen molar-refractivity contribution in [3.8, 4) is 5.75 Å². The molecule has 2 amide bonds. The third-order valence-electron chi connectivity index (χ3n) is 3.73. The predicted molar refractivity (Wildman–Crippen MR) is 93.4 cm³/mol. The van der Waals surface area contributed by atoms with Crippen LogP contribution in [-0.2, 0) is 9.59 Å². The number of carbonyl (C=O) groups is 2. The zero-order chi connectivity index (χ0) is 15.9. The topological polar surface area (TPSA) is 79.5 Å². The highest BCUT2D eigenvalue weighted by Gasteiger charge is 2.17. The summed E-state index contributed by atoms with van der Waals surface area (Å²) < 4.78 is 5.24. The van der Waals surface area contributed by atoms with Gasteiger partial charge in [0.2, 0.25) is 11.8 Å². The first-order valence-corrected chi connectivity index (χ1v) is 7.54. The number of halogens is 1. The van der Waals surface area contributed by atoms with Gasteiger partial charge < -0.3 is 20.7 Å². The van der Waals surface area contributed by atoms with Gasteiger partial charge in [0.05, 0.1) is 12.8 Å². The quantitative estimate of drug-likeness (QED) is 0.768. The van der Waals surface area contributed by atoms with E-state index in [9.17, 15) is 9.59 Å². The number of rotatable bonds is 5. The maximum absolute atomic E-state index is 12.1. The number of hydrogen-bond acceptors (Lipinski definition) is 4. The normalized spacial score (nSPS) is 14.5. The summed E-state index contributed by atoms with van der Waals surface area (Å²) in [5, 5.41) is 8.87. The number of amides is 2. The van der Waals surface area contributed by atoms with Gasteiger partial charge in [0.15, 0.2) is 0 Å². The molecule has 0 atom stereocenters. The first-order valence-electron chi connectivity index (χ1n) is 7.54. The van der Waals surface area contributed by atoms with Crippen LogP contribution in [-0.4, -0.2) is 32.0 Å². The molecule has 1 aromatic carbocycles. The van der Waals surface area contributed by atoms with Gasteiger partial charge in [-0.25, -0.2) is 0 Å². The monoisotopic (exact) mass is 341 g/mol. The average Bonchev–Trinajstić information content (AvgIpc) is 2.49. The van der Waals surface area contributed by atoms with Crippen LogP contribution in [0.15, 0.2) is 18.2 Å². The molecule has 1 saturated heterocycles. The van der Waals surface area contributed by atoms with Crippen molar-refractivity contribution in [3.05, 3.63) is 18.2 Å². The van der Waals surface area contributed by atoms with E-state index >= 15 is 0 Å². The number of anilines is 2. The molecule has 0 aromatic heterocycles. The fourth-order valence-corrected chi connectivity index (χ4v) is 2.62. The van der Waals surface area contributed by atoms with Gasteiger partial charge in [0.1, 0.15) is 5.75 Å². The minimum atomic E-state index is -0.166. The highest BCUT2D eigenvalue weighted by molar-refractivity contribution is 5.93. The molecule has 0 saturated carbocycles. The standard InChI is InChI=1S/C16H23N3O3.ClH/c1-11(20)18-14-4-3-13(10-15(14)22-2)19-16(21)9-12-5-7-17-8-6-12;/h3-4,10,12,17H,5-9H2,1-2H3,(H,18,20)(H,19,21);1H. The molecule has 0 spiro atoms. The highest BCUT2D eigenvalue weighted by Crippen LogP contribution is 2.28. The van der Waals surface area contributed by atoms with Crippen molar-refractivity contribution >= 4 is 35.6 Å². The van der Waals surface area contributed by atoms with Crippen molar-refractivity contribution in [2.75, 3.05) is 30.8 Å². The molecule has 3 N–H and O–H groups in total. The number of hydrogen-bond donors (Lipinski definition) is 3. The molecule has 128 valence electrons. The van der Waals surface area contributed by atoms with E-state index in [0.29, 0.717) is 29.5 Å². The van der Waals surface area contributed by atoms with Gasteiger partial charge in [0.25, 0.3) is 0 Å². The number of benzene rings is 1. The summed E-state index contributed by atoms with van der Waals surface area (Å²) in [6.07, 6.45) is 2.62. The molecular weight excluding hydrogens is 318 g/mol. The summed E-state index contributed by atoms with van der Waals surface area (Å²) in [6.45, 7) is 3.41. The summed E-state index contributed by atoms with van der Waals surface area (Å²) in [7, 11) is 1.53. The number of methoxy groups -OCH3 is 1. The van der Waals surface area contributed by atoms with E-state index in [1.165, 1.54) is 14.0 Å². The van der Waals surface area contributed by atoms with Crippen molar-refractivity contribution in [3.63, 3.8) is 0 Å². The minimum absolute atomic E-state index is 0. The molecule has 1 aromatic rings. The summed E-state index contributed by atoms with van der Waals surface area (Å²) in [6, 6.07) is 5.19. The number of nitrogens with one attached hydrogen (secondary N) is 3. The Kier molecular flexibility index (Phi) is 7.85. The zero-order valence-corrected chi connectivity index (χ0v) is 14.3. The van der Waals surface area contributed by atoms with E-state index in [1.807, 2.05) is 0 Å². The molecule has 2 rings (SSSR count). The molecule has 23 heavy (non-hydrogen) atoms. The molecular formula is C16H24ClN3O3. The lowest BCUT2D eigenvalue weighted by atomic mass is 9.94. The molecule has 1 aliphatic rings. The number of piperidine rings is 1. The largest absolute Gasteiger partial charge is 0.494 e. The van der Waals surface area contributed by atoms with E-state index in [4.69, 9.17) is 4.74 Å². The second-order valence-corrected chi connectivity index (χ2v) is 5.54. The smallest absolute Gasteiger partial charge is 0.224 e. The van der Waals surface area contributed by atoms with Crippen LogP contribution in [0.25, 0.3) is 0 Å². The van der Waals surface area contributed by atoms with Crippen LogP contribution in [0.4, 0.5) is 11.4 Å². The van der Waals surface area contributed by atoms with E-state index < -0.39 is 0 Å². The van der Waals surface area contributed by atoms with Crippen LogP contribution in [0.1, 0.15) is 26.2 Å². The first-order chi connectivity index (χ1) is 10.6. The molecule has 7 heteroatoms. The van der Waals surface area contributed by atoms with Crippen LogP contribution >= 0.6 is 12.4 Å². The summed E-state index contributed by atoms with van der Waals surface area (Å²) in [5.74, 6) is 0.818. The van der Waals surface area contributed by atoms with Gasteiger partial charge >= 0.3 is 0 Å². The second-order valence-electron chi connectivity index (χ2n) is 5.54. The van der Waals surface area contributed by atoms with Crippen molar-refractivity contribution in [1.82, 2.24) is 5.32 Å². The lowest BCUT2D eigenvalue weighted by molar-refractivity contribution is -0.117. The predicted octanol–water partition coefficient (Wildman–Crippen LogP) is 2.40. The van der Waals surface area contributed by atoms with E-state index in [1.54, 1.807) is 18.2 Å². The molecule has 1 fully saturated rings. The van der Waals surface area contributed by atoms with Crippen LogP contribution < -0.4 is 20.7 Å². The van der Waals surface area contributed by atoms with E-state index in [-0.39, 0.29) is 24.2 Å². The average molecular weight is 342 g/mol. The third-order valence-corrected chi connectivity index (χ3v) is 3.73. The molecule has 1 heterocycles. The molecule has 0 radical (unpaired) electrons. The molecule has 0 aliphatic carbocycles. The molecule has 6 nitrogen and oxygen atoms in total. The molecule has 1 aliphatic heterocycles. The van der Waals surface area contributed by atoms with Gasteiger partial charge in [-0.15, -0.1) is 12.4 Å². The first kappa shape index (κ1) is 19.3.